The zero-order valence-electron chi connectivity index (χ0n) is 21.2. The van der Waals surface area contributed by atoms with Crippen LogP contribution >= 0.6 is 0 Å². The van der Waals surface area contributed by atoms with Crippen LogP contribution in [0.3, 0.4) is 0 Å². The molecule has 8 nitrogen and oxygen atoms in total. The predicted octanol–water partition coefficient (Wildman–Crippen LogP) is 4.01. The molecule has 0 radical (unpaired) electrons. The van der Waals surface area contributed by atoms with Gasteiger partial charge in [0.05, 0.1) is 19.7 Å². The number of amides is 2. The van der Waals surface area contributed by atoms with E-state index >= 15 is 0 Å². The third-order valence-electron chi connectivity index (χ3n) is 6.75. The molecule has 1 saturated heterocycles. The first-order chi connectivity index (χ1) is 18.6. The molecule has 0 unspecified atom stereocenters. The Hall–Kier alpha value is -4.43. The molecule has 2 heterocycles. The number of nitrogens with zero attached hydrogens (tertiary/aromatic N) is 3. The van der Waals surface area contributed by atoms with Crippen molar-refractivity contribution in [1.29, 1.82) is 0 Å². The van der Waals surface area contributed by atoms with E-state index in [1.54, 1.807) is 23.0 Å². The summed E-state index contributed by atoms with van der Waals surface area (Å²) < 4.78 is 10.8. The van der Waals surface area contributed by atoms with Crippen molar-refractivity contribution < 1.29 is 18.8 Å². The number of para-hydroxylation sites is 1. The molecule has 194 valence electrons. The van der Waals surface area contributed by atoms with Crippen LogP contribution < -0.4 is 10.1 Å². The lowest BCUT2D eigenvalue weighted by Crippen LogP contribution is -2.52. The summed E-state index contributed by atoms with van der Waals surface area (Å²) in [4.78, 5) is 29.6. The van der Waals surface area contributed by atoms with Gasteiger partial charge in [-0.3, -0.25) is 14.9 Å². The molecule has 0 saturated carbocycles. The van der Waals surface area contributed by atoms with E-state index in [2.05, 4.69) is 34.7 Å². The maximum atomic E-state index is 13.1. The number of methoxy groups -OCH3 is 1. The highest BCUT2D eigenvalue weighted by molar-refractivity contribution is 5.93. The van der Waals surface area contributed by atoms with Crippen molar-refractivity contribution in [3.8, 4) is 17.0 Å². The van der Waals surface area contributed by atoms with Gasteiger partial charge in [-0.2, -0.15) is 0 Å². The van der Waals surface area contributed by atoms with Crippen LogP contribution in [0.25, 0.3) is 11.3 Å². The van der Waals surface area contributed by atoms with Gasteiger partial charge in [-0.05, 0) is 23.3 Å². The van der Waals surface area contributed by atoms with Gasteiger partial charge in [0.25, 0.3) is 5.91 Å². The van der Waals surface area contributed by atoms with Crippen LogP contribution in [0.5, 0.6) is 5.75 Å². The number of aromatic nitrogens is 1. The zero-order valence-corrected chi connectivity index (χ0v) is 21.2. The molecular formula is C30H30N4O4. The largest absolute Gasteiger partial charge is 0.496 e. The minimum atomic E-state index is -0.239. The summed E-state index contributed by atoms with van der Waals surface area (Å²) in [6, 6.07) is 29.2. The number of ether oxygens (including phenoxy) is 1. The molecule has 38 heavy (non-hydrogen) atoms. The number of nitrogens with one attached hydrogen (secondary N) is 1. The second-order valence-electron chi connectivity index (χ2n) is 9.08. The zero-order chi connectivity index (χ0) is 26.3. The quantitative estimate of drug-likeness (QED) is 0.385. The van der Waals surface area contributed by atoms with E-state index in [0.717, 1.165) is 16.7 Å². The third kappa shape index (κ3) is 5.60. The van der Waals surface area contributed by atoms with Gasteiger partial charge in [-0.25, -0.2) is 0 Å². The van der Waals surface area contributed by atoms with Gasteiger partial charge in [0.15, 0.2) is 0 Å². The maximum absolute atomic E-state index is 13.1. The van der Waals surface area contributed by atoms with Gasteiger partial charge in [0.1, 0.15) is 11.4 Å². The molecule has 4 aromatic rings. The van der Waals surface area contributed by atoms with E-state index in [9.17, 15) is 9.59 Å². The van der Waals surface area contributed by atoms with Crippen molar-refractivity contribution in [3.05, 3.63) is 108 Å². The lowest BCUT2D eigenvalue weighted by Gasteiger charge is -2.34. The van der Waals surface area contributed by atoms with E-state index in [1.807, 2.05) is 60.7 Å². The first-order valence-corrected chi connectivity index (χ1v) is 12.6. The summed E-state index contributed by atoms with van der Waals surface area (Å²) in [6.07, 6.45) is 0. The van der Waals surface area contributed by atoms with Gasteiger partial charge in [0.2, 0.25) is 11.7 Å². The Morgan fingerprint density at radius 3 is 2.08 bits per heavy atom. The van der Waals surface area contributed by atoms with Crippen LogP contribution in [-0.2, 0) is 4.79 Å². The number of carbonyl (C=O) groups excluding carboxylic acids is 2. The van der Waals surface area contributed by atoms with E-state index in [0.29, 0.717) is 37.6 Å². The number of hydrogen-bond acceptors (Lipinski definition) is 6. The molecule has 3 aromatic carbocycles. The van der Waals surface area contributed by atoms with Gasteiger partial charge in [-0.15, -0.1) is 0 Å². The summed E-state index contributed by atoms with van der Waals surface area (Å²) >= 11 is 0. The SMILES string of the molecule is COc1ccccc1-c1cc(C(=O)N2CCN(C(=O)CNC(c3ccccc3)c3ccccc3)CC2)on1. The van der Waals surface area contributed by atoms with Crippen LogP contribution in [-0.4, -0.2) is 66.6 Å². The fourth-order valence-corrected chi connectivity index (χ4v) is 4.69. The average molecular weight is 511 g/mol. The molecule has 0 atom stereocenters. The van der Waals surface area contributed by atoms with Gasteiger partial charge in [-0.1, -0.05) is 78.0 Å². The molecule has 8 heteroatoms. The lowest BCUT2D eigenvalue weighted by molar-refractivity contribution is -0.131. The summed E-state index contributed by atoms with van der Waals surface area (Å²) in [5, 5.41) is 7.50. The Bertz CT molecular complexity index is 1330. The molecule has 1 aliphatic rings. The van der Waals surface area contributed by atoms with Crippen molar-refractivity contribution in [2.24, 2.45) is 0 Å². The molecule has 0 bridgehead atoms. The summed E-state index contributed by atoms with van der Waals surface area (Å²) in [5.41, 5.74) is 3.49. The number of carbonyl (C=O) groups is 2. The Balaban J connectivity index is 1.17. The number of benzene rings is 3. The van der Waals surface area contributed by atoms with Crippen LogP contribution in [0.1, 0.15) is 27.7 Å². The Kier molecular flexibility index (Phi) is 7.80. The topological polar surface area (TPSA) is 87.9 Å². The lowest BCUT2D eigenvalue weighted by atomic mass is 9.99. The Labute approximate surface area is 221 Å². The molecule has 0 spiro atoms. The van der Waals surface area contributed by atoms with E-state index < -0.39 is 0 Å². The second kappa shape index (κ2) is 11.7. The number of piperazine rings is 1. The van der Waals surface area contributed by atoms with E-state index in [1.165, 1.54) is 0 Å². The molecule has 2 amide bonds. The second-order valence-corrected chi connectivity index (χ2v) is 9.08. The normalized spacial score (nSPS) is 13.5. The Morgan fingerprint density at radius 1 is 0.868 bits per heavy atom. The van der Waals surface area contributed by atoms with Crippen molar-refractivity contribution in [2.75, 3.05) is 39.8 Å². The van der Waals surface area contributed by atoms with Crippen LogP contribution in [0.4, 0.5) is 0 Å². The number of hydrogen-bond donors (Lipinski definition) is 1. The van der Waals surface area contributed by atoms with Crippen LogP contribution in [0.2, 0.25) is 0 Å². The molecule has 1 aliphatic heterocycles. The minimum Gasteiger partial charge on any atom is -0.496 e. The Morgan fingerprint density at radius 2 is 1.45 bits per heavy atom. The molecular weight excluding hydrogens is 480 g/mol. The van der Waals surface area contributed by atoms with Gasteiger partial charge >= 0.3 is 0 Å². The maximum Gasteiger partial charge on any atom is 0.292 e. The highest BCUT2D eigenvalue weighted by Gasteiger charge is 2.28. The summed E-state index contributed by atoms with van der Waals surface area (Å²) in [5.74, 6) is 0.590. The predicted molar refractivity (Wildman–Crippen MR) is 144 cm³/mol. The highest BCUT2D eigenvalue weighted by atomic mass is 16.5. The van der Waals surface area contributed by atoms with Crippen LogP contribution in [0.15, 0.2) is 95.5 Å². The molecule has 5 rings (SSSR count). The highest BCUT2D eigenvalue weighted by Crippen LogP contribution is 2.29. The number of rotatable bonds is 8. The fraction of sp³-hybridized carbons (Fsp3) is 0.233. The van der Waals surface area contributed by atoms with Gasteiger partial charge in [0, 0.05) is 37.8 Å². The first-order valence-electron chi connectivity index (χ1n) is 12.6. The minimum absolute atomic E-state index is 0.00656. The monoisotopic (exact) mass is 510 g/mol. The third-order valence-corrected chi connectivity index (χ3v) is 6.75. The van der Waals surface area contributed by atoms with E-state index in [-0.39, 0.29) is 30.2 Å². The first kappa shape index (κ1) is 25.2. The molecule has 0 aliphatic carbocycles. The van der Waals surface area contributed by atoms with Crippen molar-refractivity contribution >= 4 is 11.8 Å². The van der Waals surface area contributed by atoms with Crippen molar-refractivity contribution in [2.45, 2.75) is 6.04 Å². The average Bonchev–Trinajstić information content (AvgIpc) is 3.48. The molecule has 1 aromatic heterocycles. The molecule has 1 fully saturated rings. The fourth-order valence-electron chi connectivity index (χ4n) is 4.69. The smallest absolute Gasteiger partial charge is 0.292 e. The summed E-state index contributed by atoms with van der Waals surface area (Å²) in [7, 11) is 1.59. The van der Waals surface area contributed by atoms with Crippen LogP contribution in [0, 0.1) is 0 Å². The standard InChI is InChI=1S/C30H30N4O4/c1-37-26-15-9-8-14-24(26)25-20-27(38-32-25)30(36)34-18-16-33(17-19-34)28(35)21-31-29(22-10-4-2-5-11-22)23-12-6-3-7-13-23/h2-15,20,29,31H,16-19,21H2,1H3. The van der Waals surface area contributed by atoms with Crippen molar-refractivity contribution in [1.82, 2.24) is 20.3 Å². The van der Waals surface area contributed by atoms with E-state index in [4.69, 9.17) is 9.26 Å². The summed E-state index contributed by atoms with van der Waals surface area (Å²) in [6.45, 7) is 1.97. The van der Waals surface area contributed by atoms with Gasteiger partial charge < -0.3 is 19.1 Å². The molecule has 1 N–H and O–H groups in total. The van der Waals surface area contributed by atoms with Crippen molar-refractivity contribution in [3.63, 3.8) is 0 Å².